The summed E-state index contributed by atoms with van der Waals surface area (Å²) in [5, 5.41) is 35.0. The Kier molecular flexibility index (Phi) is 11.9. The van der Waals surface area contributed by atoms with Gasteiger partial charge in [0.15, 0.2) is 5.96 Å². The van der Waals surface area contributed by atoms with Crippen LogP contribution in [0, 0.1) is 16.7 Å². The molecule has 0 aromatic heterocycles. The zero-order valence-corrected chi connectivity index (χ0v) is 24.3. The van der Waals surface area contributed by atoms with E-state index in [0.29, 0.717) is 38.3 Å². The SMILES string of the molecule is N=C(N)NCCCC(NC(=O)C1(C(=O)NCC2Cc3ccccc3C2)CCCC1)B(O)O.O=S(=O)(O)c1ccccc1. The van der Waals surface area contributed by atoms with Gasteiger partial charge in [0.1, 0.15) is 5.41 Å². The lowest BCUT2D eigenvalue weighted by atomic mass is 9.75. The van der Waals surface area contributed by atoms with Crippen LogP contribution in [0.15, 0.2) is 59.5 Å². The number of hydrogen-bond acceptors (Lipinski definition) is 7. The van der Waals surface area contributed by atoms with Crippen LogP contribution in [0.25, 0.3) is 0 Å². The van der Waals surface area contributed by atoms with E-state index in [4.69, 9.17) is 15.7 Å². The average Bonchev–Trinajstić information content (AvgIpc) is 3.61. The van der Waals surface area contributed by atoms with Gasteiger partial charge < -0.3 is 31.7 Å². The first-order valence-electron chi connectivity index (χ1n) is 14.0. The molecule has 12 nitrogen and oxygen atoms in total. The first kappa shape index (κ1) is 33.1. The zero-order valence-electron chi connectivity index (χ0n) is 23.5. The van der Waals surface area contributed by atoms with Crippen molar-refractivity contribution in [3.05, 3.63) is 65.7 Å². The van der Waals surface area contributed by atoms with E-state index in [-0.39, 0.29) is 23.2 Å². The fraction of sp³-hybridized carbons (Fsp3) is 0.464. The lowest BCUT2D eigenvalue weighted by Crippen LogP contribution is -2.56. The molecule has 1 unspecified atom stereocenters. The summed E-state index contributed by atoms with van der Waals surface area (Å²) in [6.07, 6.45) is 5.07. The van der Waals surface area contributed by atoms with Gasteiger partial charge in [-0.2, -0.15) is 8.42 Å². The number of fused-ring (bicyclic) bond motifs is 1. The van der Waals surface area contributed by atoms with Crippen LogP contribution < -0.4 is 21.7 Å². The van der Waals surface area contributed by atoms with Gasteiger partial charge in [-0.3, -0.25) is 19.6 Å². The molecule has 1 fully saturated rings. The number of carbonyl (C=O) groups is 2. The van der Waals surface area contributed by atoms with E-state index in [9.17, 15) is 28.1 Å². The molecule has 228 valence electrons. The molecular weight excluding hydrogens is 561 g/mol. The Morgan fingerprint density at radius 1 is 0.976 bits per heavy atom. The minimum atomic E-state index is -4.00. The Bertz CT molecular complexity index is 1300. The minimum absolute atomic E-state index is 0.0741. The largest absolute Gasteiger partial charge is 0.475 e. The molecule has 0 radical (unpaired) electrons. The molecule has 2 aliphatic rings. The molecule has 2 aromatic rings. The first-order chi connectivity index (χ1) is 19.9. The van der Waals surface area contributed by atoms with Gasteiger partial charge in [0.25, 0.3) is 10.1 Å². The molecule has 0 spiro atoms. The van der Waals surface area contributed by atoms with Gasteiger partial charge >= 0.3 is 7.12 Å². The van der Waals surface area contributed by atoms with Gasteiger partial charge in [0, 0.05) is 13.1 Å². The topological polar surface area (TPSA) is 215 Å². The maximum absolute atomic E-state index is 13.2. The van der Waals surface area contributed by atoms with Gasteiger partial charge in [-0.05, 0) is 67.7 Å². The third-order valence-electron chi connectivity index (χ3n) is 7.74. The molecule has 2 aromatic carbocycles. The monoisotopic (exact) mass is 601 g/mol. The van der Waals surface area contributed by atoms with Gasteiger partial charge in [-0.15, -0.1) is 0 Å². The van der Waals surface area contributed by atoms with Crippen molar-refractivity contribution in [2.45, 2.75) is 62.2 Å². The Morgan fingerprint density at radius 3 is 2.05 bits per heavy atom. The molecule has 2 aliphatic carbocycles. The van der Waals surface area contributed by atoms with E-state index in [1.807, 2.05) is 12.1 Å². The van der Waals surface area contributed by atoms with Gasteiger partial charge in [-0.25, -0.2) is 0 Å². The zero-order chi connectivity index (χ0) is 30.8. The molecule has 1 atom stereocenters. The second-order valence-electron chi connectivity index (χ2n) is 10.8. The van der Waals surface area contributed by atoms with Crippen molar-refractivity contribution in [3.63, 3.8) is 0 Å². The van der Waals surface area contributed by atoms with Crippen LogP contribution in [0.4, 0.5) is 0 Å². The second-order valence-corrected chi connectivity index (χ2v) is 12.2. The van der Waals surface area contributed by atoms with E-state index in [0.717, 1.165) is 25.7 Å². The molecule has 4 rings (SSSR count). The van der Waals surface area contributed by atoms with Gasteiger partial charge in [0.05, 0.1) is 10.8 Å². The summed E-state index contributed by atoms with van der Waals surface area (Å²) in [6.45, 7) is 0.898. The molecule has 2 amide bonds. The van der Waals surface area contributed by atoms with Crippen LogP contribution in [0.5, 0.6) is 0 Å². The number of guanidine groups is 1. The standard InChI is InChI=1S/C22H34BN5O4.C6H6O3S/c24-21(25)26-11-5-8-18(23(31)32)28-20(30)22(9-3-4-10-22)19(29)27-14-15-12-16-6-1-2-7-17(16)13-15;7-10(8,9)6-4-2-1-3-5-6/h1-2,6-7,15,18,31-32H,3-5,8-14H2,(H,27,29)(H,28,30)(H4,24,25,26);1-5H,(H,7,8,9). The molecule has 0 saturated heterocycles. The summed E-state index contributed by atoms with van der Waals surface area (Å²) in [5.41, 5.74) is 6.71. The van der Waals surface area contributed by atoms with Crippen molar-refractivity contribution in [2.75, 3.05) is 13.1 Å². The fourth-order valence-corrected chi connectivity index (χ4v) is 5.98. The normalized spacial score (nSPS) is 16.4. The summed E-state index contributed by atoms with van der Waals surface area (Å²) in [7, 11) is -5.74. The summed E-state index contributed by atoms with van der Waals surface area (Å²) < 4.78 is 29.2. The highest BCUT2D eigenvalue weighted by molar-refractivity contribution is 7.85. The van der Waals surface area contributed by atoms with Crippen LogP contribution in [-0.2, 0) is 32.5 Å². The average molecular weight is 602 g/mol. The van der Waals surface area contributed by atoms with Crippen molar-refractivity contribution < 1.29 is 32.6 Å². The molecule has 0 heterocycles. The number of carbonyl (C=O) groups excluding carboxylic acids is 2. The third kappa shape index (κ3) is 9.28. The van der Waals surface area contributed by atoms with Crippen molar-refractivity contribution >= 4 is 35.0 Å². The van der Waals surface area contributed by atoms with Gasteiger partial charge in [0.2, 0.25) is 11.8 Å². The predicted octanol–water partition coefficient (Wildman–Crippen LogP) is 0.771. The van der Waals surface area contributed by atoms with Crippen LogP contribution in [0.2, 0.25) is 0 Å². The van der Waals surface area contributed by atoms with Gasteiger partial charge in [-0.1, -0.05) is 55.3 Å². The number of benzene rings is 2. The fourth-order valence-electron chi connectivity index (χ4n) is 5.48. The van der Waals surface area contributed by atoms with E-state index in [2.05, 4.69) is 28.1 Å². The second kappa shape index (κ2) is 15.1. The van der Waals surface area contributed by atoms with Crippen molar-refractivity contribution in [3.8, 4) is 0 Å². The highest BCUT2D eigenvalue weighted by Gasteiger charge is 2.49. The molecule has 42 heavy (non-hydrogen) atoms. The molecule has 1 saturated carbocycles. The molecule has 0 bridgehead atoms. The number of hydrogen-bond donors (Lipinski definition) is 8. The smallest absolute Gasteiger partial charge is 0.426 e. The third-order valence-corrected chi connectivity index (χ3v) is 8.61. The van der Waals surface area contributed by atoms with E-state index in [1.54, 1.807) is 18.2 Å². The van der Waals surface area contributed by atoms with Crippen molar-refractivity contribution in [2.24, 2.45) is 17.1 Å². The molecule has 14 heteroatoms. The Hall–Kier alpha value is -3.46. The van der Waals surface area contributed by atoms with Crippen LogP contribution >= 0.6 is 0 Å². The van der Waals surface area contributed by atoms with Crippen molar-refractivity contribution in [1.29, 1.82) is 5.41 Å². The van der Waals surface area contributed by atoms with Crippen LogP contribution in [-0.4, -0.2) is 66.9 Å². The maximum Gasteiger partial charge on any atom is 0.475 e. The summed E-state index contributed by atoms with van der Waals surface area (Å²) >= 11 is 0. The molecule has 0 aliphatic heterocycles. The number of nitrogens with one attached hydrogen (secondary N) is 4. The lowest BCUT2D eigenvalue weighted by Gasteiger charge is -2.29. The summed E-state index contributed by atoms with van der Waals surface area (Å²) in [4.78, 5) is 26.3. The van der Waals surface area contributed by atoms with E-state index >= 15 is 0 Å². The highest BCUT2D eigenvalue weighted by Crippen LogP contribution is 2.39. The Labute approximate surface area is 246 Å². The Morgan fingerprint density at radius 2 is 1.55 bits per heavy atom. The number of nitrogens with two attached hydrogens (primary N) is 1. The summed E-state index contributed by atoms with van der Waals surface area (Å²) in [6, 6.07) is 15.7. The van der Waals surface area contributed by atoms with Crippen LogP contribution in [0.1, 0.15) is 49.7 Å². The molecular formula is C28H40BN5O7S. The quantitative estimate of drug-likeness (QED) is 0.0455. The predicted molar refractivity (Wildman–Crippen MR) is 159 cm³/mol. The maximum atomic E-state index is 13.2. The van der Waals surface area contributed by atoms with Crippen molar-refractivity contribution in [1.82, 2.24) is 16.0 Å². The minimum Gasteiger partial charge on any atom is -0.426 e. The van der Waals surface area contributed by atoms with Crippen LogP contribution in [0.3, 0.4) is 0 Å². The first-order valence-corrected chi connectivity index (χ1v) is 15.5. The Balaban J connectivity index is 0.000000408. The number of rotatable bonds is 11. The number of amides is 2. The van der Waals surface area contributed by atoms with E-state index < -0.39 is 34.5 Å². The highest BCUT2D eigenvalue weighted by atomic mass is 32.2. The summed E-state index contributed by atoms with van der Waals surface area (Å²) in [5.74, 6) is -1.46. The lowest BCUT2D eigenvalue weighted by molar-refractivity contribution is -0.143. The molecule has 9 N–H and O–H groups in total. The van der Waals surface area contributed by atoms with E-state index in [1.165, 1.54) is 23.3 Å².